The molecule has 154 valence electrons. The quantitative estimate of drug-likeness (QED) is 0.783. The second-order valence-electron chi connectivity index (χ2n) is 7.90. The van der Waals surface area contributed by atoms with E-state index in [1.165, 1.54) is 10.7 Å². The maximum absolute atomic E-state index is 11.7. The molecular weight excluding hydrogens is 372 g/mol. The van der Waals surface area contributed by atoms with Crippen LogP contribution >= 0.6 is 0 Å². The molecule has 0 N–H and O–H groups in total. The normalized spacial score (nSPS) is 18.9. The number of piperidine rings is 1. The Kier molecular flexibility index (Phi) is 5.04. The van der Waals surface area contributed by atoms with Gasteiger partial charge >= 0.3 is 6.09 Å². The molecule has 0 saturated carbocycles. The Balaban J connectivity index is 1.49. The van der Waals surface area contributed by atoms with E-state index in [9.17, 15) is 9.59 Å². The summed E-state index contributed by atoms with van der Waals surface area (Å²) < 4.78 is 12.5. The fourth-order valence-corrected chi connectivity index (χ4v) is 4.13. The Morgan fingerprint density at radius 2 is 1.90 bits per heavy atom. The van der Waals surface area contributed by atoms with Crippen LogP contribution in [0.5, 0.6) is 5.75 Å². The lowest BCUT2D eigenvalue weighted by Crippen LogP contribution is -2.46. The minimum atomic E-state index is -0.327. The number of hydrogen-bond donors (Lipinski definition) is 0. The van der Waals surface area contributed by atoms with E-state index < -0.39 is 0 Å². The van der Waals surface area contributed by atoms with Crippen molar-refractivity contribution in [3.63, 3.8) is 0 Å². The first-order valence-corrected chi connectivity index (χ1v) is 9.77. The molecule has 29 heavy (non-hydrogen) atoms. The average molecular weight is 398 g/mol. The predicted molar refractivity (Wildman–Crippen MR) is 108 cm³/mol. The van der Waals surface area contributed by atoms with E-state index in [2.05, 4.69) is 22.1 Å². The SMILES string of the molecule is COc1ccc(CN2CCC3(CC2)CN(C)C(=O)O3)cc1-c1ccc(=O)n(C)n1. The molecule has 2 aromatic rings. The molecule has 2 saturated heterocycles. The van der Waals surface area contributed by atoms with Crippen LogP contribution in [-0.2, 0) is 18.3 Å². The molecule has 4 rings (SSSR count). The number of benzene rings is 1. The molecule has 1 amide bonds. The highest BCUT2D eigenvalue weighted by molar-refractivity contribution is 5.70. The van der Waals surface area contributed by atoms with E-state index in [0.717, 1.165) is 49.4 Å². The lowest BCUT2D eigenvalue weighted by molar-refractivity contribution is -0.00119. The molecule has 8 nitrogen and oxygen atoms in total. The summed E-state index contributed by atoms with van der Waals surface area (Å²) in [5.41, 5.74) is 2.23. The Morgan fingerprint density at radius 1 is 1.14 bits per heavy atom. The molecule has 3 heterocycles. The standard InChI is InChI=1S/C21H26N4O4/c1-23-14-21(29-20(23)27)8-10-25(11-9-21)13-15-4-6-18(28-3)16(12-15)17-5-7-19(26)24(2)22-17/h4-7,12H,8-11,13-14H2,1-3H3. The van der Waals surface area contributed by atoms with E-state index in [1.807, 2.05) is 6.07 Å². The van der Waals surface area contributed by atoms with E-state index in [0.29, 0.717) is 12.2 Å². The van der Waals surface area contributed by atoms with Crippen molar-refractivity contribution in [2.45, 2.75) is 25.0 Å². The lowest BCUT2D eigenvalue weighted by Gasteiger charge is -2.37. The van der Waals surface area contributed by atoms with Crippen LogP contribution in [0, 0.1) is 0 Å². The highest BCUT2D eigenvalue weighted by Crippen LogP contribution is 2.34. The minimum absolute atomic E-state index is 0.149. The van der Waals surface area contributed by atoms with Crippen molar-refractivity contribution in [3.8, 4) is 17.0 Å². The summed E-state index contributed by atoms with van der Waals surface area (Å²) >= 11 is 0. The van der Waals surface area contributed by atoms with Crippen LogP contribution in [0.15, 0.2) is 35.1 Å². The van der Waals surface area contributed by atoms with Crippen LogP contribution in [0.25, 0.3) is 11.3 Å². The van der Waals surface area contributed by atoms with Gasteiger partial charge in [0.15, 0.2) is 0 Å². The van der Waals surface area contributed by atoms with E-state index >= 15 is 0 Å². The number of aryl methyl sites for hydroxylation is 1. The third-order valence-electron chi connectivity index (χ3n) is 5.81. The van der Waals surface area contributed by atoms with Gasteiger partial charge in [-0.1, -0.05) is 6.07 Å². The van der Waals surface area contributed by atoms with Crippen LogP contribution in [-0.4, -0.2) is 65.1 Å². The number of amides is 1. The first kappa shape index (κ1) is 19.4. The number of ether oxygens (including phenoxy) is 2. The van der Waals surface area contributed by atoms with Gasteiger partial charge in [-0.2, -0.15) is 5.10 Å². The van der Waals surface area contributed by atoms with Gasteiger partial charge in [-0.25, -0.2) is 9.48 Å². The zero-order valence-electron chi connectivity index (χ0n) is 17.1. The summed E-state index contributed by atoms with van der Waals surface area (Å²) in [6, 6.07) is 9.30. The fourth-order valence-electron chi connectivity index (χ4n) is 4.13. The molecule has 0 aliphatic carbocycles. The van der Waals surface area contributed by atoms with Gasteiger partial charge in [-0.05, 0) is 23.8 Å². The van der Waals surface area contributed by atoms with Crippen molar-refractivity contribution in [1.29, 1.82) is 0 Å². The maximum atomic E-state index is 11.7. The Labute approximate surface area is 169 Å². The lowest BCUT2D eigenvalue weighted by atomic mass is 9.91. The molecular formula is C21H26N4O4. The van der Waals surface area contributed by atoms with Gasteiger partial charge in [0.25, 0.3) is 5.56 Å². The molecule has 0 atom stereocenters. The predicted octanol–water partition coefficient (Wildman–Crippen LogP) is 1.87. The molecule has 0 bridgehead atoms. The Morgan fingerprint density at radius 3 is 2.52 bits per heavy atom. The van der Waals surface area contributed by atoms with Gasteiger partial charge in [0, 0.05) is 58.2 Å². The van der Waals surface area contributed by atoms with Crippen molar-refractivity contribution in [1.82, 2.24) is 19.6 Å². The van der Waals surface area contributed by atoms with Crippen molar-refractivity contribution in [2.75, 3.05) is 33.8 Å². The van der Waals surface area contributed by atoms with Crippen molar-refractivity contribution >= 4 is 6.09 Å². The zero-order chi connectivity index (χ0) is 20.6. The maximum Gasteiger partial charge on any atom is 0.410 e. The number of nitrogens with zero attached hydrogens (tertiary/aromatic N) is 4. The largest absolute Gasteiger partial charge is 0.496 e. The molecule has 2 aliphatic heterocycles. The van der Waals surface area contributed by atoms with Gasteiger partial charge in [0.1, 0.15) is 11.4 Å². The molecule has 0 radical (unpaired) electrons. The van der Waals surface area contributed by atoms with Crippen LogP contribution in [0.1, 0.15) is 18.4 Å². The number of likely N-dealkylation sites (tertiary alicyclic amines) is 1. The van der Waals surface area contributed by atoms with E-state index in [4.69, 9.17) is 9.47 Å². The summed E-state index contributed by atoms with van der Waals surface area (Å²) in [4.78, 5) is 27.4. The van der Waals surface area contributed by atoms with Crippen molar-refractivity contribution in [2.24, 2.45) is 7.05 Å². The number of methoxy groups -OCH3 is 1. The summed E-state index contributed by atoms with van der Waals surface area (Å²) in [6.07, 6.45) is 1.46. The Bertz CT molecular complexity index is 979. The van der Waals surface area contributed by atoms with Crippen LogP contribution < -0.4 is 10.3 Å². The molecule has 2 aliphatic rings. The van der Waals surface area contributed by atoms with Gasteiger partial charge in [-0.15, -0.1) is 0 Å². The number of rotatable bonds is 4. The first-order valence-electron chi connectivity index (χ1n) is 9.77. The van der Waals surface area contributed by atoms with Crippen LogP contribution in [0.2, 0.25) is 0 Å². The minimum Gasteiger partial charge on any atom is -0.496 e. The summed E-state index contributed by atoms with van der Waals surface area (Å²) in [7, 11) is 5.05. The van der Waals surface area contributed by atoms with Crippen molar-refractivity contribution in [3.05, 3.63) is 46.2 Å². The molecule has 0 unspecified atom stereocenters. The topological polar surface area (TPSA) is 76.9 Å². The van der Waals surface area contributed by atoms with Crippen LogP contribution in [0.3, 0.4) is 0 Å². The number of carbonyl (C=O) groups is 1. The van der Waals surface area contributed by atoms with Gasteiger partial charge in [0.05, 0.1) is 19.3 Å². The summed E-state index contributed by atoms with van der Waals surface area (Å²) in [5.74, 6) is 0.721. The summed E-state index contributed by atoms with van der Waals surface area (Å²) in [5, 5.41) is 4.36. The number of hydrogen-bond acceptors (Lipinski definition) is 6. The Hall–Kier alpha value is -2.87. The van der Waals surface area contributed by atoms with E-state index in [-0.39, 0.29) is 17.3 Å². The van der Waals surface area contributed by atoms with Gasteiger partial charge < -0.3 is 14.4 Å². The fraction of sp³-hybridized carbons (Fsp3) is 0.476. The highest BCUT2D eigenvalue weighted by Gasteiger charge is 2.45. The molecule has 1 aromatic heterocycles. The number of aromatic nitrogens is 2. The number of likely N-dealkylation sites (N-methyl/N-ethyl adjacent to an activating group) is 1. The smallest absolute Gasteiger partial charge is 0.410 e. The third kappa shape index (κ3) is 3.85. The third-order valence-corrected chi connectivity index (χ3v) is 5.81. The zero-order valence-corrected chi connectivity index (χ0v) is 17.1. The first-order chi connectivity index (χ1) is 13.9. The average Bonchev–Trinajstić information content (AvgIpc) is 2.99. The highest BCUT2D eigenvalue weighted by atomic mass is 16.6. The molecule has 8 heteroatoms. The molecule has 1 spiro atoms. The molecule has 1 aromatic carbocycles. The number of carbonyl (C=O) groups excluding carboxylic acids is 1. The van der Waals surface area contributed by atoms with E-state index in [1.54, 1.807) is 32.2 Å². The van der Waals surface area contributed by atoms with Gasteiger partial charge in [-0.3, -0.25) is 9.69 Å². The van der Waals surface area contributed by atoms with Crippen molar-refractivity contribution < 1.29 is 14.3 Å². The van der Waals surface area contributed by atoms with Gasteiger partial charge in [0.2, 0.25) is 0 Å². The molecule has 2 fully saturated rings. The monoisotopic (exact) mass is 398 g/mol. The second-order valence-corrected chi connectivity index (χ2v) is 7.90. The summed E-state index contributed by atoms with van der Waals surface area (Å²) in [6.45, 7) is 3.22. The van der Waals surface area contributed by atoms with Crippen LogP contribution in [0.4, 0.5) is 4.79 Å². The second kappa shape index (κ2) is 7.51.